The van der Waals surface area contributed by atoms with Crippen LogP contribution in [0.1, 0.15) is 0 Å². The number of methoxy groups -OCH3 is 2. The normalized spacial score (nSPS) is 10.0. The summed E-state index contributed by atoms with van der Waals surface area (Å²) in [7, 11) is 3.21. The van der Waals surface area contributed by atoms with Gasteiger partial charge in [0, 0.05) is 11.8 Å². The van der Waals surface area contributed by atoms with Gasteiger partial charge < -0.3 is 15.2 Å². The fourth-order valence-electron chi connectivity index (χ4n) is 1.58. The Morgan fingerprint density at radius 1 is 1.00 bits per heavy atom. The van der Waals surface area contributed by atoms with Gasteiger partial charge in [-0.3, -0.25) is 4.98 Å². The molecule has 0 aliphatic rings. The van der Waals surface area contributed by atoms with E-state index in [2.05, 4.69) is 4.98 Å². The summed E-state index contributed by atoms with van der Waals surface area (Å²) in [5.74, 6) is 1.38. The predicted octanol–water partition coefficient (Wildman–Crippen LogP) is 2.35. The first-order chi connectivity index (χ1) is 8.24. The van der Waals surface area contributed by atoms with Crippen molar-refractivity contribution in [2.75, 3.05) is 20.0 Å². The Bertz CT molecular complexity index is 527. The highest BCUT2D eigenvalue weighted by atomic mass is 16.5. The lowest BCUT2D eigenvalue weighted by Gasteiger charge is -2.08. The molecule has 0 aliphatic heterocycles. The number of hydrogen-bond donors (Lipinski definition) is 1. The second-order valence-electron chi connectivity index (χ2n) is 3.57. The smallest absolute Gasteiger partial charge is 0.142 e. The number of ether oxygens (including phenoxy) is 2. The van der Waals surface area contributed by atoms with Gasteiger partial charge in [0.15, 0.2) is 0 Å². The number of hydrogen-bond acceptors (Lipinski definition) is 4. The third kappa shape index (κ3) is 2.30. The second kappa shape index (κ2) is 4.74. The summed E-state index contributed by atoms with van der Waals surface area (Å²) in [5, 5.41) is 0. The van der Waals surface area contributed by atoms with Gasteiger partial charge in [0.05, 0.1) is 26.1 Å². The molecule has 1 heterocycles. The van der Waals surface area contributed by atoms with Crippen molar-refractivity contribution in [3.8, 4) is 22.6 Å². The Labute approximate surface area is 100 Å². The van der Waals surface area contributed by atoms with Crippen molar-refractivity contribution >= 4 is 5.69 Å². The van der Waals surface area contributed by atoms with Gasteiger partial charge >= 0.3 is 0 Å². The van der Waals surface area contributed by atoms with Gasteiger partial charge in [-0.15, -0.1) is 0 Å². The number of benzene rings is 1. The summed E-state index contributed by atoms with van der Waals surface area (Å²) in [6, 6.07) is 7.53. The highest BCUT2D eigenvalue weighted by molar-refractivity contribution is 5.70. The van der Waals surface area contributed by atoms with E-state index in [4.69, 9.17) is 15.2 Å². The summed E-state index contributed by atoms with van der Waals surface area (Å²) >= 11 is 0. The van der Waals surface area contributed by atoms with Crippen LogP contribution in [0.2, 0.25) is 0 Å². The van der Waals surface area contributed by atoms with Gasteiger partial charge in [0.1, 0.15) is 11.5 Å². The lowest BCUT2D eigenvalue weighted by molar-refractivity contribution is 0.413. The van der Waals surface area contributed by atoms with E-state index in [1.54, 1.807) is 26.6 Å². The third-order valence-electron chi connectivity index (χ3n) is 2.52. The highest BCUT2D eigenvalue weighted by Crippen LogP contribution is 2.29. The van der Waals surface area contributed by atoms with Crippen molar-refractivity contribution in [1.82, 2.24) is 4.98 Å². The standard InChI is InChI=1S/C13H14N2O2/c1-16-11-5-10(7-15-8-11)9-3-4-12(14)13(6-9)17-2/h3-8H,14H2,1-2H3. The molecule has 0 aliphatic carbocycles. The number of aromatic nitrogens is 1. The summed E-state index contributed by atoms with van der Waals surface area (Å²) in [4.78, 5) is 4.11. The number of nitrogens with two attached hydrogens (primary N) is 1. The van der Waals surface area contributed by atoms with Crippen molar-refractivity contribution in [2.45, 2.75) is 0 Å². The minimum absolute atomic E-state index is 0.618. The summed E-state index contributed by atoms with van der Waals surface area (Å²) in [5.41, 5.74) is 8.34. The molecule has 0 unspecified atom stereocenters. The molecule has 4 heteroatoms. The second-order valence-corrected chi connectivity index (χ2v) is 3.57. The topological polar surface area (TPSA) is 57.4 Å². The average Bonchev–Trinajstić information content (AvgIpc) is 2.39. The van der Waals surface area contributed by atoms with Crippen LogP contribution in [0, 0.1) is 0 Å². The number of anilines is 1. The van der Waals surface area contributed by atoms with E-state index in [1.165, 1.54) is 0 Å². The van der Waals surface area contributed by atoms with Crippen LogP contribution in [-0.4, -0.2) is 19.2 Å². The van der Waals surface area contributed by atoms with E-state index in [1.807, 2.05) is 24.3 Å². The van der Waals surface area contributed by atoms with Crippen molar-refractivity contribution in [2.24, 2.45) is 0 Å². The molecule has 17 heavy (non-hydrogen) atoms. The lowest BCUT2D eigenvalue weighted by Crippen LogP contribution is -1.93. The molecule has 2 N–H and O–H groups in total. The van der Waals surface area contributed by atoms with Gasteiger partial charge in [-0.2, -0.15) is 0 Å². The number of nitrogens with zero attached hydrogens (tertiary/aromatic N) is 1. The molecule has 0 spiro atoms. The van der Waals surface area contributed by atoms with Gasteiger partial charge in [-0.05, 0) is 23.8 Å². The number of pyridine rings is 1. The van der Waals surface area contributed by atoms with E-state index < -0.39 is 0 Å². The Kier molecular flexibility index (Phi) is 3.14. The fraction of sp³-hybridized carbons (Fsp3) is 0.154. The maximum Gasteiger partial charge on any atom is 0.142 e. The predicted molar refractivity (Wildman–Crippen MR) is 67.2 cm³/mol. The van der Waals surface area contributed by atoms with Crippen LogP contribution in [0.15, 0.2) is 36.7 Å². The highest BCUT2D eigenvalue weighted by Gasteiger charge is 2.04. The van der Waals surface area contributed by atoms with Crippen LogP contribution in [0.3, 0.4) is 0 Å². The lowest BCUT2D eigenvalue weighted by atomic mass is 10.1. The summed E-state index contributed by atoms with van der Waals surface area (Å²) in [6.07, 6.45) is 3.44. The molecule has 0 radical (unpaired) electrons. The molecule has 1 aromatic heterocycles. The SMILES string of the molecule is COc1cncc(-c2ccc(N)c(OC)c2)c1. The molecule has 0 atom stereocenters. The Morgan fingerprint density at radius 2 is 1.82 bits per heavy atom. The van der Waals surface area contributed by atoms with Crippen LogP contribution in [-0.2, 0) is 0 Å². The first-order valence-electron chi connectivity index (χ1n) is 5.17. The van der Waals surface area contributed by atoms with E-state index in [9.17, 15) is 0 Å². The largest absolute Gasteiger partial charge is 0.495 e. The molecule has 0 fully saturated rings. The average molecular weight is 230 g/mol. The first-order valence-corrected chi connectivity index (χ1v) is 5.17. The molecule has 0 saturated heterocycles. The molecule has 1 aromatic carbocycles. The quantitative estimate of drug-likeness (QED) is 0.822. The Morgan fingerprint density at radius 3 is 2.53 bits per heavy atom. The van der Waals surface area contributed by atoms with Gasteiger partial charge in [-0.25, -0.2) is 0 Å². The Hall–Kier alpha value is -2.23. The van der Waals surface area contributed by atoms with Crippen LogP contribution >= 0.6 is 0 Å². The van der Waals surface area contributed by atoms with Crippen molar-refractivity contribution in [3.63, 3.8) is 0 Å². The molecule has 88 valence electrons. The first kappa shape index (κ1) is 11.3. The van der Waals surface area contributed by atoms with Crippen LogP contribution in [0.25, 0.3) is 11.1 Å². The maximum absolute atomic E-state index is 5.77. The van der Waals surface area contributed by atoms with Gasteiger partial charge in [-0.1, -0.05) is 6.07 Å². The minimum Gasteiger partial charge on any atom is -0.495 e. The monoisotopic (exact) mass is 230 g/mol. The third-order valence-corrected chi connectivity index (χ3v) is 2.52. The van der Waals surface area contributed by atoms with Crippen LogP contribution in [0.4, 0.5) is 5.69 Å². The molecular weight excluding hydrogens is 216 g/mol. The van der Waals surface area contributed by atoms with E-state index >= 15 is 0 Å². The van der Waals surface area contributed by atoms with E-state index in [0.717, 1.165) is 16.9 Å². The summed E-state index contributed by atoms with van der Waals surface area (Å²) < 4.78 is 10.3. The van der Waals surface area contributed by atoms with Crippen molar-refractivity contribution < 1.29 is 9.47 Å². The zero-order chi connectivity index (χ0) is 12.3. The van der Waals surface area contributed by atoms with Gasteiger partial charge in [0.25, 0.3) is 0 Å². The molecule has 0 saturated carbocycles. The fourth-order valence-corrected chi connectivity index (χ4v) is 1.58. The van der Waals surface area contributed by atoms with E-state index in [-0.39, 0.29) is 0 Å². The molecule has 4 nitrogen and oxygen atoms in total. The van der Waals surface area contributed by atoms with E-state index in [0.29, 0.717) is 11.4 Å². The zero-order valence-corrected chi connectivity index (χ0v) is 9.81. The zero-order valence-electron chi connectivity index (χ0n) is 9.81. The molecule has 2 aromatic rings. The molecular formula is C13H14N2O2. The molecule has 2 rings (SSSR count). The number of rotatable bonds is 3. The molecule has 0 amide bonds. The molecule has 0 bridgehead atoms. The van der Waals surface area contributed by atoms with Crippen LogP contribution in [0.5, 0.6) is 11.5 Å². The van der Waals surface area contributed by atoms with Crippen molar-refractivity contribution in [3.05, 3.63) is 36.7 Å². The van der Waals surface area contributed by atoms with Gasteiger partial charge in [0.2, 0.25) is 0 Å². The van der Waals surface area contributed by atoms with Crippen LogP contribution < -0.4 is 15.2 Å². The Balaban J connectivity index is 2.45. The maximum atomic E-state index is 5.77. The van der Waals surface area contributed by atoms with Crippen molar-refractivity contribution in [1.29, 1.82) is 0 Å². The number of nitrogen functional groups attached to an aromatic ring is 1. The minimum atomic E-state index is 0.618. The summed E-state index contributed by atoms with van der Waals surface area (Å²) in [6.45, 7) is 0.